The van der Waals surface area contributed by atoms with E-state index in [2.05, 4.69) is 10.3 Å². The quantitative estimate of drug-likeness (QED) is 0.223. The number of amides is 2. The van der Waals surface area contributed by atoms with E-state index in [1.165, 1.54) is 18.2 Å². The van der Waals surface area contributed by atoms with Crippen molar-refractivity contribution in [3.05, 3.63) is 56.8 Å². The number of nitrogens with zero attached hydrogens (tertiary/aromatic N) is 3. The van der Waals surface area contributed by atoms with E-state index < -0.39 is 67.0 Å². The molecule has 0 spiro atoms. The maximum Gasteiger partial charge on any atom is 0.426 e. The van der Waals surface area contributed by atoms with Crippen LogP contribution in [0.15, 0.2) is 24.3 Å². The number of aryl methyl sites for hydroxylation is 1. The van der Waals surface area contributed by atoms with Crippen LogP contribution in [0.5, 0.6) is 0 Å². The number of aliphatic hydroxyl groups is 1. The lowest BCUT2D eigenvalue weighted by Crippen LogP contribution is -2.54. The smallest absolute Gasteiger partial charge is 0.373 e. The van der Waals surface area contributed by atoms with Crippen molar-refractivity contribution >= 4 is 51.7 Å². The number of nitrogens with one attached hydrogen (secondary N) is 2. The van der Waals surface area contributed by atoms with Gasteiger partial charge in [0.25, 0.3) is 17.7 Å². The number of rotatable bonds is 8. The number of anilines is 1. The van der Waals surface area contributed by atoms with Crippen LogP contribution in [0.1, 0.15) is 59.9 Å². The monoisotopic (exact) mass is 743 g/mol. The average Bonchev–Trinajstić information content (AvgIpc) is 3.29. The summed E-state index contributed by atoms with van der Waals surface area (Å²) in [6, 6.07) is 5.08. The largest absolute Gasteiger partial charge is 0.426 e. The lowest BCUT2D eigenvalue weighted by atomic mass is 9.88. The van der Waals surface area contributed by atoms with Gasteiger partial charge in [-0.1, -0.05) is 29.3 Å². The van der Waals surface area contributed by atoms with Crippen molar-refractivity contribution in [2.45, 2.75) is 75.5 Å². The summed E-state index contributed by atoms with van der Waals surface area (Å²) in [6.07, 6.45) is -11.1. The minimum Gasteiger partial charge on any atom is -0.373 e. The third kappa shape index (κ3) is 7.55. The molecule has 3 aromatic rings. The van der Waals surface area contributed by atoms with E-state index in [0.29, 0.717) is 35.0 Å². The van der Waals surface area contributed by atoms with Gasteiger partial charge in [0, 0.05) is 57.0 Å². The minimum atomic E-state index is -5.22. The molecule has 49 heavy (non-hydrogen) atoms. The number of carbonyl (C=O) groups excluding carboxylic acids is 2. The van der Waals surface area contributed by atoms with E-state index >= 15 is 0 Å². The summed E-state index contributed by atoms with van der Waals surface area (Å²) in [5.74, 6) is -6.40. The molecule has 0 radical (unpaired) electrons. The van der Waals surface area contributed by atoms with Gasteiger partial charge in [-0.15, -0.1) is 0 Å². The minimum absolute atomic E-state index is 0.00484. The Morgan fingerprint density at radius 2 is 1.69 bits per heavy atom. The average molecular weight is 745 g/mol. The molecule has 0 bridgehead atoms. The highest BCUT2D eigenvalue weighted by molar-refractivity contribution is 6.36. The van der Waals surface area contributed by atoms with E-state index in [1.807, 2.05) is 5.32 Å². The highest BCUT2D eigenvalue weighted by Gasteiger charge is 2.55. The summed E-state index contributed by atoms with van der Waals surface area (Å²) < 4.78 is 108. The summed E-state index contributed by atoms with van der Waals surface area (Å²) >= 11 is 13.0. The van der Waals surface area contributed by atoms with Gasteiger partial charge in [-0.2, -0.15) is 26.3 Å². The van der Waals surface area contributed by atoms with Crippen molar-refractivity contribution in [1.29, 1.82) is 0 Å². The number of hydrogen-bond donors (Lipinski definition) is 3. The Kier molecular flexibility index (Phi) is 9.84. The molecule has 18 heteroatoms. The highest BCUT2D eigenvalue weighted by atomic mass is 35.5. The molecule has 2 fully saturated rings. The molecular formula is C31H31Cl2F8N5O3. The number of fused-ring (bicyclic) bond motifs is 1. The molecule has 3 N–H and O–H groups in total. The van der Waals surface area contributed by atoms with Crippen molar-refractivity contribution in [2.24, 2.45) is 13.0 Å². The van der Waals surface area contributed by atoms with Gasteiger partial charge in [0.1, 0.15) is 5.82 Å². The molecule has 268 valence electrons. The molecule has 1 aliphatic heterocycles. The molecule has 1 atom stereocenters. The fourth-order valence-electron chi connectivity index (χ4n) is 5.93. The van der Waals surface area contributed by atoms with E-state index in [-0.39, 0.29) is 53.5 Å². The fraction of sp³-hybridized carbons (Fsp3) is 0.516. The summed E-state index contributed by atoms with van der Waals surface area (Å²) in [4.78, 5) is 31.7. The maximum absolute atomic E-state index is 13.5. The van der Waals surface area contributed by atoms with Gasteiger partial charge < -0.3 is 25.2 Å². The lowest BCUT2D eigenvalue weighted by molar-refractivity contribution is -0.245. The number of alkyl halides is 8. The Morgan fingerprint density at radius 1 is 1.06 bits per heavy atom. The third-order valence-electron chi connectivity index (χ3n) is 9.09. The summed E-state index contributed by atoms with van der Waals surface area (Å²) in [5.41, 5.74) is -1.99. The van der Waals surface area contributed by atoms with Crippen molar-refractivity contribution in [2.75, 3.05) is 18.0 Å². The number of benzene rings is 2. The number of carbonyl (C=O) groups is 2. The molecule has 1 aliphatic carbocycles. The van der Waals surface area contributed by atoms with Crippen LogP contribution in [-0.2, 0) is 24.8 Å². The van der Waals surface area contributed by atoms with Crippen molar-refractivity contribution < 1.29 is 49.8 Å². The van der Waals surface area contributed by atoms with E-state index in [4.69, 9.17) is 23.2 Å². The Morgan fingerprint density at radius 3 is 2.27 bits per heavy atom. The normalized spacial score (nSPS) is 18.7. The second-order valence-electron chi connectivity index (χ2n) is 12.6. The first-order valence-electron chi connectivity index (χ1n) is 15.1. The Bertz CT molecular complexity index is 1760. The van der Waals surface area contributed by atoms with Crippen LogP contribution in [0.3, 0.4) is 0 Å². The first kappa shape index (κ1) is 36.9. The fourth-order valence-corrected chi connectivity index (χ4v) is 6.50. The summed E-state index contributed by atoms with van der Waals surface area (Å²) in [6.45, 7) is -0.166. The third-order valence-corrected chi connectivity index (χ3v) is 9.92. The number of halogens is 10. The molecule has 1 saturated carbocycles. The van der Waals surface area contributed by atoms with Gasteiger partial charge in [0.05, 0.1) is 33.2 Å². The maximum atomic E-state index is 13.5. The molecule has 1 aromatic heterocycles. The van der Waals surface area contributed by atoms with Gasteiger partial charge in [0.2, 0.25) is 5.60 Å². The summed E-state index contributed by atoms with van der Waals surface area (Å²) in [5, 5.41) is 14.4. The van der Waals surface area contributed by atoms with Crippen LogP contribution < -0.4 is 15.5 Å². The number of imidazole rings is 1. The first-order valence-corrected chi connectivity index (χ1v) is 15.9. The SMILES string of the molecule is Cn1c(Cc2c(Cl)ccc(CNC(=O)[C@](C)(O)C(F)(F)F)c2Cl)nc2cc(C(=O)NC3CC(F)(F)C3)c(N3CCC(C(F)(F)F)CC3)cc21. The predicted octanol–water partition coefficient (Wildman–Crippen LogP) is 6.71. The Labute approximate surface area is 284 Å². The molecule has 2 aliphatic rings. The molecule has 2 aromatic carbocycles. The first-order chi connectivity index (χ1) is 22.6. The number of aromatic nitrogens is 2. The zero-order valence-electron chi connectivity index (χ0n) is 26.0. The highest BCUT2D eigenvalue weighted by Crippen LogP contribution is 2.40. The van der Waals surface area contributed by atoms with E-state index in [9.17, 15) is 49.8 Å². The molecule has 0 unspecified atom stereocenters. The van der Waals surface area contributed by atoms with Gasteiger partial charge in [0.15, 0.2) is 0 Å². The van der Waals surface area contributed by atoms with Crippen LogP contribution in [0, 0.1) is 5.92 Å². The van der Waals surface area contributed by atoms with Crippen molar-refractivity contribution in [1.82, 2.24) is 20.2 Å². The standard InChI is InChI=1S/C31H31Cl2F8N5O3/c1-28(49,31(39,40)41)27(48)42-14-15-3-4-20(32)18(25(15)33)10-24-44-21-9-19(26(47)43-17-12-29(34,35)13-17)22(11-23(21)45(24)2)46-7-5-16(6-8-46)30(36,37)38/h3-4,9,11,16-17,49H,5-8,10,12-14H2,1-2H3,(H,42,48)(H,43,47)/t28-/m0/s1. The van der Waals surface area contributed by atoms with Gasteiger partial charge in [-0.25, -0.2) is 13.8 Å². The lowest BCUT2D eigenvalue weighted by Gasteiger charge is -2.37. The van der Waals surface area contributed by atoms with Gasteiger partial charge in [-0.3, -0.25) is 9.59 Å². The van der Waals surface area contributed by atoms with Gasteiger partial charge in [-0.05, 0) is 49.1 Å². The van der Waals surface area contributed by atoms with Crippen LogP contribution in [0.4, 0.5) is 40.8 Å². The molecule has 2 amide bonds. The predicted molar refractivity (Wildman–Crippen MR) is 165 cm³/mol. The second kappa shape index (κ2) is 13.1. The Hall–Kier alpha value is -3.37. The van der Waals surface area contributed by atoms with Crippen molar-refractivity contribution in [3.63, 3.8) is 0 Å². The topological polar surface area (TPSA) is 99.5 Å². The van der Waals surface area contributed by atoms with Crippen LogP contribution >= 0.6 is 23.2 Å². The van der Waals surface area contributed by atoms with E-state index in [1.54, 1.807) is 22.6 Å². The zero-order chi connectivity index (χ0) is 36.3. The van der Waals surface area contributed by atoms with Gasteiger partial charge >= 0.3 is 12.4 Å². The van der Waals surface area contributed by atoms with E-state index in [0.717, 1.165) is 0 Å². The van der Waals surface area contributed by atoms with Crippen LogP contribution in [-0.4, -0.2) is 69.5 Å². The molecule has 8 nitrogen and oxygen atoms in total. The molecule has 5 rings (SSSR count). The zero-order valence-corrected chi connectivity index (χ0v) is 27.5. The Balaban J connectivity index is 1.45. The molecule has 2 heterocycles. The van der Waals surface area contributed by atoms with Crippen LogP contribution in [0.2, 0.25) is 10.0 Å². The molecule has 1 saturated heterocycles. The van der Waals surface area contributed by atoms with Crippen molar-refractivity contribution in [3.8, 4) is 0 Å². The molecular weight excluding hydrogens is 713 g/mol. The second-order valence-corrected chi connectivity index (χ2v) is 13.4. The summed E-state index contributed by atoms with van der Waals surface area (Å²) in [7, 11) is 1.64. The number of piperidine rings is 1. The number of hydrogen-bond acceptors (Lipinski definition) is 5. The van der Waals surface area contributed by atoms with Crippen LogP contribution in [0.25, 0.3) is 11.0 Å².